The minimum absolute atomic E-state index is 0.133. The summed E-state index contributed by atoms with van der Waals surface area (Å²) in [6.45, 7) is -0.495. The van der Waals surface area contributed by atoms with E-state index in [-0.39, 0.29) is 34.8 Å². The first-order chi connectivity index (χ1) is 19.4. The topological polar surface area (TPSA) is 93.6 Å². The molecular formula is C32H25FN2O5. The van der Waals surface area contributed by atoms with Gasteiger partial charge in [0.25, 0.3) is 0 Å². The van der Waals surface area contributed by atoms with Gasteiger partial charge in [-0.05, 0) is 61.4 Å². The van der Waals surface area contributed by atoms with E-state index in [1.54, 1.807) is 54.6 Å². The Morgan fingerprint density at radius 2 is 1.52 bits per heavy atom. The van der Waals surface area contributed by atoms with Gasteiger partial charge in [-0.2, -0.15) is 0 Å². The van der Waals surface area contributed by atoms with Crippen LogP contribution in [0.25, 0.3) is 22.2 Å². The normalized spacial score (nSPS) is 18.6. The predicted molar refractivity (Wildman–Crippen MR) is 146 cm³/mol. The summed E-state index contributed by atoms with van der Waals surface area (Å²) >= 11 is 0. The molecule has 0 bridgehead atoms. The number of para-hydroxylation sites is 1. The fourth-order valence-corrected chi connectivity index (χ4v) is 5.62. The van der Waals surface area contributed by atoms with E-state index >= 15 is 0 Å². The minimum atomic E-state index is -0.692. The maximum Gasteiger partial charge on any atom is 0.339 e. The van der Waals surface area contributed by atoms with Crippen LogP contribution in [0.2, 0.25) is 0 Å². The number of pyridine rings is 1. The zero-order valence-corrected chi connectivity index (χ0v) is 21.5. The summed E-state index contributed by atoms with van der Waals surface area (Å²) in [4.78, 5) is 57.5. The largest absolute Gasteiger partial charge is 0.454 e. The van der Waals surface area contributed by atoms with Gasteiger partial charge >= 0.3 is 5.97 Å². The van der Waals surface area contributed by atoms with Crippen LogP contribution >= 0.6 is 0 Å². The summed E-state index contributed by atoms with van der Waals surface area (Å²) in [7, 11) is 0. The Morgan fingerprint density at radius 1 is 0.875 bits per heavy atom. The van der Waals surface area contributed by atoms with Gasteiger partial charge in [0.05, 0.1) is 34.3 Å². The van der Waals surface area contributed by atoms with E-state index in [1.807, 2.05) is 0 Å². The summed E-state index contributed by atoms with van der Waals surface area (Å²) in [5, 5.41) is 0.568. The molecule has 4 aromatic rings. The fourth-order valence-electron chi connectivity index (χ4n) is 5.62. The molecule has 8 heteroatoms. The number of fused-ring (bicyclic) bond motifs is 2. The average Bonchev–Trinajstić information content (AvgIpc) is 3.25. The molecule has 1 saturated carbocycles. The number of carbonyl (C=O) groups is 4. The predicted octanol–water partition coefficient (Wildman–Crippen LogP) is 5.76. The third kappa shape index (κ3) is 4.66. The number of nitrogens with zero attached hydrogens (tertiary/aromatic N) is 2. The Morgan fingerprint density at radius 3 is 2.20 bits per heavy atom. The van der Waals surface area contributed by atoms with Gasteiger partial charge in [-0.25, -0.2) is 14.2 Å². The number of hydrogen-bond donors (Lipinski definition) is 0. The minimum Gasteiger partial charge on any atom is -0.454 e. The molecule has 7 nitrogen and oxygen atoms in total. The second-order valence-corrected chi connectivity index (χ2v) is 10.1. The van der Waals surface area contributed by atoms with Gasteiger partial charge in [0.15, 0.2) is 12.4 Å². The van der Waals surface area contributed by atoms with Crippen LogP contribution in [0.15, 0.2) is 78.9 Å². The molecule has 2 amide bonds. The molecule has 2 atom stereocenters. The molecular weight excluding hydrogens is 511 g/mol. The molecule has 1 saturated heterocycles. The first-order valence-electron chi connectivity index (χ1n) is 13.2. The SMILES string of the molecule is O=C(COC(=O)c1cc(-c2ccc(N3C(=O)C4CCCCC4C3=O)cc2)nc2ccccc12)c1ccc(F)cc1. The molecule has 200 valence electrons. The van der Waals surface area contributed by atoms with E-state index in [9.17, 15) is 23.6 Å². The third-order valence-electron chi connectivity index (χ3n) is 7.70. The highest BCUT2D eigenvalue weighted by Gasteiger charge is 2.48. The van der Waals surface area contributed by atoms with Gasteiger partial charge in [-0.15, -0.1) is 0 Å². The standard InChI is InChI=1S/C32H25FN2O5/c33-21-13-9-20(10-14-21)29(36)18-40-32(39)26-17-28(34-27-8-4-3-5-23(26)27)19-11-15-22(16-12-19)35-30(37)24-6-1-2-7-25(24)31(35)38/h3-5,8-17,24-25H,1-2,6-7,18H2. The lowest BCUT2D eigenvalue weighted by Crippen LogP contribution is -2.30. The Hall–Kier alpha value is -4.72. The van der Waals surface area contributed by atoms with Gasteiger partial charge in [-0.3, -0.25) is 19.3 Å². The first kappa shape index (κ1) is 25.6. The van der Waals surface area contributed by atoms with Crippen LogP contribution in [0.5, 0.6) is 0 Å². The molecule has 1 aliphatic heterocycles. The molecule has 1 aliphatic carbocycles. The zero-order valence-electron chi connectivity index (χ0n) is 21.5. The quantitative estimate of drug-likeness (QED) is 0.177. The molecule has 40 heavy (non-hydrogen) atoms. The molecule has 2 heterocycles. The Bertz CT molecular complexity index is 1620. The maximum atomic E-state index is 13.2. The molecule has 0 N–H and O–H groups in total. The van der Waals surface area contributed by atoms with Gasteiger partial charge in [0.2, 0.25) is 11.8 Å². The van der Waals surface area contributed by atoms with Gasteiger partial charge < -0.3 is 4.74 Å². The van der Waals surface area contributed by atoms with Crippen molar-refractivity contribution < 1.29 is 28.3 Å². The summed E-state index contributed by atoms with van der Waals surface area (Å²) in [5.74, 6) is -2.33. The van der Waals surface area contributed by atoms with Crippen LogP contribution in [-0.4, -0.2) is 35.2 Å². The number of rotatable bonds is 6. The molecule has 2 unspecified atom stereocenters. The number of Topliss-reactive ketones (excluding diaryl/α,β-unsaturated/α-hetero) is 1. The third-order valence-corrected chi connectivity index (χ3v) is 7.70. The highest BCUT2D eigenvalue weighted by atomic mass is 19.1. The van der Waals surface area contributed by atoms with Crippen molar-refractivity contribution in [3.05, 3.63) is 95.8 Å². The van der Waals surface area contributed by atoms with E-state index in [1.165, 1.54) is 29.2 Å². The molecule has 2 fully saturated rings. The van der Waals surface area contributed by atoms with Crippen molar-refractivity contribution in [1.29, 1.82) is 0 Å². The summed E-state index contributed by atoms with van der Waals surface area (Å²) in [5.41, 5.74) is 2.74. The van der Waals surface area contributed by atoms with Crippen LogP contribution in [0, 0.1) is 17.7 Å². The van der Waals surface area contributed by atoms with Gasteiger partial charge in [-0.1, -0.05) is 43.2 Å². The lowest BCUT2D eigenvalue weighted by molar-refractivity contribution is -0.122. The monoisotopic (exact) mass is 536 g/mol. The lowest BCUT2D eigenvalue weighted by atomic mass is 9.81. The van der Waals surface area contributed by atoms with E-state index in [2.05, 4.69) is 0 Å². The van der Waals surface area contributed by atoms with E-state index in [0.717, 1.165) is 25.7 Å². The molecule has 6 rings (SSSR count). The molecule has 1 aromatic heterocycles. The van der Waals surface area contributed by atoms with E-state index < -0.39 is 24.2 Å². The molecule has 0 spiro atoms. The molecule has 2 aliphatic rings. The van der Waals surface area contributed by atoms with Crippen LogP contribution in [0.3, 0.4) is 0 Å². The van der Waals surface area contributed by atoms with E-state index in [4.69, 9.17) is 9.72 Å². The number of halogens is 1. The van der Waals surface area contributed by atoms with E-state index in [0.29, 0.717) is 27.8 Å². The summed E-state index contributed by atoms with van der Waals surface area (Å²) < 4.78 is 18.5. The van der Waals surface area contributed by atoms with Crippen molar-refractivity contribution >= 4 is 40.2 Å². The van der Waals surface area contributed by atoms with Crippen molar-refractivity contribution in [2.45, 2.75) is 25.7 Å². The van der Waals surface area contributed by atoms with Crippen molar-refractivity contribution in [2.75, 3.05) is 11.5 Å². The summed E-state index contributed by atoms with van der Waals surface area (Å²) in [6, 6.07) is 20.7. The van der Waals surface area contributed by atoms with Crippen LogP contribution in [0.4, 0.5) is 10.1 Å². The number of imide groups is 1. The zero-order chi connectivity index (χ0) is 27.8. The highest BCUT2D eigenvalue weighted by molar-refractivity contribution is 6.22. The number of hydrogen-bond acceptors (Lipinski definition) is 6. The fraction of sp³-hybridized carbons (Fsp3) is 0.219. The Kier molecular flexibility index (Phi) is 6.67. The summed E-state index contributed by atoms with van der Waals surface area (Å²) in [6.07, 6.45) is 3.43. The number of benzene rings is 3. The number of ether oxygens (including phenoxy) is 1. The number of amides is 2. The van der Waals surface area contributed by atoms with Crippen LogP contribution in [0.1, 0.15) is 46.4 Å². The van der Waals surface area contributed by atoms with Crippen molar-refractivity contribution in [3.8, 4) is 11.3 Å². The molecule has 0 radical (unpaired) electrons. The smallest absolute Gasteiger partial charge is 0.339 e. The highest BCUT2D eigenvalue weighted by Crippen LogP contribution is 2.40. The number of aromatic nitrogens is 1. The van der Waals surface area contributed by atoms with Crippen LogP contribution < -0.4 is 4.90 Å². The second-order valence-electron chi connectivity index (χ2n) is 10.1. The van der Waals surface area contributed by atoms with Gasteiger partial charge in [0.1, 0.15) is 5.82 Å². The lowest BCUT2D eigenvalue weighted by Gasteiger charge is -2.19. The van der Waals surface area contributed by atoms with Crippen molar-refractivity contribution in [3.63, 3.8) is 0 Å². The maximum absolute atomic E-state index is 13.2. The second kappa shape index (κ2) is 10.4. The molecule has 3 aromatic carbocycles. The number of carbonyl (C=O) groups excluding carboxylic acids is 4. The van der Waals surface area contributed by atoms with Crippen LogP contribution in [-0.2, 0) is 14.3 Å². The number of anilines is 1. The average molecular weight is 537 g/mol. The number of ketones is 1. The Balaban J connectivity index is 1.26. The Labute approximate surface area is 229 Å². The van der Waals surface area contributed by atoms with Crippen molar-refractivity contribution in [2.24, 2.45) is 11.8 Å². The number of esters is 1. The first-order valence-corrected chi connectivity index (χ1v) is 13.2. The van der Waals surface area contributed by atoms with Gasteiger partial charge in [0, 0.05) is 16.5 Å². The van der Waals surface area contributed by atoms with Crippen molar-refractivity contribution in [1.82, 2.24) is 4.98 Å².